The SMILES string of the molecule is O=C(O)/C=C/c1ccc(Br)c(NC(=O)/C=C/c2ccccc2)c1. The van der Waals surface area contributed by atoms with Crippen LogP contribution in [0.1, 0.15) is 11.1 Å². The molecule has 23 heavy (non-hydrogen) atoms. The van der Waals surface area contributed by atoms with Crippen molar-refractivity contribution in [3.63, 3.8) is 0 Å². The van der Waals surface area contributed by atoms with Crippen LogP contribution < -0.4 is 5.32 Å². The number of rotatable bonds is 5. The van der Waals surface area contributed by atoms with Crippen molar-refractivity contribution in [2.75, 3.05) is 5.32 Å². The van der Waals surface area contributed by atoms with Crippen molar-refractivity contribution in [2.24, 2.45) is 0 Å². The zero-order valence-corrected chi connectivity index (χ0v) is 13.7. The number of benzene rings is 2. The van der Waals surface area contributed by atoms with Crippen molar-refractivity contribution in [2.45, 2.75) is 0 Å². The third-order valence-electron chi connectivity index (χ3n) is 2.89. The van der Waals surface area contributed by atoms with Gasteiger partial charge in [0.15, 0.2) is 0 Å². The van der Waals surface area contributed by atoms with Gasteiger partial charge in [-0.1, -0.05) is 36.4 Å². The molecule has 0 aliphatic carbocycles. The summed E-state index contributed by atoms with van der Waals surface area (Å²) in [7, 11) is 0. The van der Waals surface area contributed by atoms with Crippen molar-refractivity contribution >= 4 is 45.6 Å². The monoisotopic (exact) mass is 371 g/mol. The van der Waals surface area contributed by atoms with Gasteiger partial charge in [0, 0.05) is 16.6 Å². The molecule has 2 aromatic carbocycles. The van der Waals surface area contributed by atoms with Gasteiger partial charge >= 0.3 is 5.97 Å². The topological polar surface area (TPSA) is 66.4 Å². The quantitative estimate of drug-likeness (QED) is 0.774. The van der Waals surface area contributed by atoms with Gasteiger partial charge in [0.25, 0.3) is 0 Å². The Balaban J connectivity index is 2.09. The number of carbonyl (C=O) groups is 2. The standard InChI is InChI=1S/C18H14BrNO3/c19-15-9-6-14(8-11-18(22)23)12-16(15)20-17(21)10-7-13-4-2-1-3-5-13/h1-12H,(H,20,21)(H,22,23)/b10-7+,11-8+. The first-order chi connectivity index (χ1) is 11.0. The van der Waals surface area contributed by atoms with Crippen LogP contribution in [0.25, 0.3) is 12.2 Å². The van der Waals surface area contributed by atoms with E-state index in [2.05, 4.69) is 21.2 Å². The molecule has 4 nitrogen and oxygen atoms in total. The molecule has 0 saturated carbocycles. The Morgan fingerprint density at radius 2 is 1.65 bits per heavy atom. The summed E-state index contributed by atoms with van der Waals surface area (Å²) in [6.45, 7) is 0. The van der Waals surface area contributed by atoms with Crippen LogP contribution >= 0.6 is 15.9 Å². The van der Waals surface area contributed by atoms with E-state index in [4.69, 9.17) is 5.11 Å². The lowest BCUT2D eigenvalue weighted by molar-refractivity contribution is -0.131. The molecule has 0 spiro atoms. The first-order valence-corrected chi connectivity index (χ1v) is 7.58. The van der Waals surface area contributed by atoms with E-state index in [0.29, 0.717) is 15.7 Å². The highest BCUT2D eigenvalue weighted by Gasteiger charge is 2.04. The second-order valence-electron chi connectivity index (χ2n) is 4.64. The molecule has 0 aromatic heterocycles. The molecule has 0 radical (unpaired) electrons. The lowest BCUT2D eigenvalue weighted by atomic mass is 10.2. The van der Waals surface area contributed by atoms with E-state index in [-0.39, 0.29) is 5.91 Å². The van der Waals surface area contributed by atoms with Crippen LogP contribution in [0.4, 0.5) is 5.69 Å². The van der Waals surface area contributed by atoms with Gasteiger partial charge in [-0.15, -0.1) is 0 Å². The van der Waals surface area contributed by atoms with Gasteiger partial charge in [-0.05, 0) is 51.3 Å². The molecule has 2 N–H and O–H groups in total. The van der Waals surface area contributed by atoms with Crippen LogP contribution in [0.2, 0.25) is 0 Å². The van der Waals surface area contributed by atoms with Crippen LogP contribution in [0.3, 0.4) is 0 Å². The Labute approximate surface area is 142 Å². The van der Waals surface area contributed by atoms with Gasteiger partial charge in [0.2, 0.25) is 5.91 Å². The molecule has 0 fully saturated rings. The first kappa shape index (κ1) is 16.7. The fraction of sp³-hybridized carbons (Fsp3) is 0. The van der Waals surface area contributed by atoms with Gasteiger partial charge in [0.05, 0.1) is 5.69 Å². The molecule has 0 heterocycles. The van der Waals surface area contributed by atoms with Crippen molar-refractivity contribution in [3.05, 3.63) is 76.3 Å². The summed E-state index contributed by atoms with van der Waals surface area (Å²) in [5.74, 6) is -1.29. The normalized spacial score (nSPS) is 11.0. The maximum atomic E-state index is 12.0. The molecule has 2 aromatic rings. The highest BCUT2D eigenvalue weighted by atomic mass is 79.9. The van der Waals surface area contributed by atoms with Crippen LogP contribution in [0, 0.1) is 0 Å². The summed E-state index contributed by atoms with van der Waals surface area (Å²) in [6.07, 6.45) is 5.67. The first-order valence-electron chi connectivity index (χ1n) is 6.79. The van der Waals surface area contributed by atoms with E-state index in [1.165, 1.54) is 12.2 Å². The predicted octanol–water partition coefficient (Wildman–Crippen LogP) is 4.20. The summed E-state index contributed by atoms with van der Waals surface area (Å²) in [5, 5.41) is 11.4. The smallest absolute Gasteiger partial charge is 0.328 e. The second kappa shape index (κ2) is 8.10. The second-order valence-corrected chi connectivity index (χ2v) is 5.50. The van der Waals surface area contributed by atoms with Gasteiger partial charge in [-0.2, -0.15) is 0 Å². The van der Waals surface area contributed by atoms with E-state index in [9.17, 15) is 9.59 Å². The third kappa shape index (κ3) is 5.56. The minimum Gasteiger partial charge on any atom is -0.478 e. The average molecular weight is 372 g/mol. The molecule has 0 saturated heterocycles. The summed E-state index contributed by atoms with van der Waals surface area (Å²) >= 11 is 3.36. The highest BCUT2D eigenvalue weighted by molar-refractivity contribution is 9.10. The molecule has 0 aliphatic heterocycles. The Hall–Kier alpha value is -2.66. The van der Waals surface area contributed by atoms with Crippen LogP contribution in [-0.2, 0) is 9.59 Å². The van der Waals surface area contributed by atoms with E-state index in [1.54, 1.807) is 24.3 Å². The molecule has 5 heteroatoms. The summed E-state index contributed by atoms with van der Waals surface area (Å²) in [4.78, 5) is 22.5. The molecule has 0 bridgehead atoms. The fourth-order valence-electron chi connectivity index (χ4n) is 1.82. The Morgan fingerprint density at radius 3 is 2.35 bits per heavy atom. The molecule has 0 atom stereocenters. The number of carboxylic acids is 1. The molecule has 0 unspecified atom stereocenters. The van der Waals surface area contributed by atoms with Crippen LogP contribution in [0.15, 0.2) is 65.2 Å². The number of carbonyl (C=O) groups excluding carboxylic acids is 1. The summed E-state index contributed by atoms with van der Waals surface area (Å²) in [6, 6.07) is 14.7. The molecule has 1 amide bonds. The van der Waals surface area contributed by atoms with Crippen molar-refractivity contribution in [1.82, 2.24) is 0 Å². The average Bonchev–Trinajstić information content (AvgIpc) is 2.54. The number of anilines is 1. The minimum absolute atomic E-state index is 0.270. The van der Waals surface area contributed by atoms with Gasteiger partial charge in [-0.3, -0.25) is 4.79 Å². The maximum Gasteiger partial charge on any atom is 0.328 e. The van der Waals surface area contributed by atoms with Gasteiger partial charge in [-0.25, -0.2) is 4.79 Å². The number of amides is 1. The molecular formula is C18H14BrNO3. The Bertz CT molecular complexity index is 767. The largest absolute Gasteiger partial charge is 0.478 e. The van der Waals surface area contributed by atoms with Crippen molar-refractivity contribution in [1.29, 1.82) is 0 Å². The number of halogens is 1. The number of nitrogens with one attached hydrogen (secondary N) is 1. The van der Waals surface area contributed by atoms with E-state index in [0.717, 1.165) is 11.6 Å². The van der Waals surface area contributed by atoms with E-state index >= 15 is 0 Å². The highest BCUT2D eigenvalue weighted by Crippen LogP contribution is 2.24. The molecule has 116 valence electrons. The van der Waals surface area contributed by atoms with Gasteiger partial charge < -0.3 is 10.4 Å². The summed E-state index contributed by atoms with van der Waals surface area (Å²) < 4.78 is 0.714. The number of hydrogen-bond acceptors (Lipinski definition) is 2. The van der Waals surface area contributed by atoms with Crippen LogP contribution in [-0.4, -0.2) is 17.0 Å². The minimum atomic E-state index is -1.02. The van der Waals surface area contributed by atoms with Crippen molar-refractivity contribution in [3.8, 4) is 0 Å². The van der Waals surface area contributed by atoms with Gasteiger partial charge in [0.1, 0.15) is 0 Å². The third-order valence-corrected chi connectivity index (χ3v) is 3.58. The molecule has 0 aliphatic rings. The van der Waals surface area contributed by atoms with E-state index < -0.39 is 5.97 Å². The number of carboxylic acid groups (broad SMARTS) is 1. The van der Waals surface area contributed by atoms with Crippen molar-refractivity contribution < 1.29 is 14.7 Å². The molecular weight excluding hydrogens is 358 g/mol. The van der Waals surface area contributed by atoms with E-state index in [1.807, 2.05) is 30.3 Å². The summed E-state index contributed by atoms with van der Waals surface area (Å²) in [5.41, 5.74) is 2.18. The fourth-order valence-corrected chi connectivity index (χ4v) is 2.17. The zero-order valence-electron chi connectivity index (χ0n) is 12.1. The lowest BCUT2D eigenvalue weighted by Gasteiger charge is -2.06. The number of hydrogen-bond donors (Lipinski definition) is 2. The molecule has 2 rings (SSSR count). The Morgan fingerprint density at radius 1 is 0.957 bits per heavy atom. The van der Waals surface area contributed by atoms with Crippen LogP contribution in [0.5, 0.6) is 0 Å². The number of aliphatic carboxylic acids is 1. The lowest BCUT2D eigenvalue weighted by Crippen LogP contribution is -2.08. The zero-order chi connectivity index (χ0) is 16.7. The maximum absolute atomic E-state index is 12.0. The predicted molar refractivity (Wildman–Crippen MR) is 94.9 cm³/mol. The Kier molecular flexibility index (Phi) is 5.88.